The van der Waals surface area contributed by atoms with Gasteiger partial charge in [0.2, 0.25) is 5.69 Å². The highest BCUT2D eigenvalue weighted by molar-refractivity contribution is 6.18. The number of H-pyrrole nitrogens is 1. The van der Waals surface area contributed by atoms with Gasteiger partial charge in [0.05, 0.1) is 12.3 Å². The van der Waals surface area contributed by atoms with E-state index in [-0.39, 0.29) is 11.7 Å². The quantitative estimate of drug-likeness (QED) is 0.347. The van der Waals surface area contributed by atoms with Gasteiger partial charge in [0.1, 0.15) is 0 Å². The lowest BCUT2D eigenvalue weighted by Crippen LogP contribution is -2.40. The summed E-state index contributed by atoms with van der Waals surface area (Å²) in [6, 6.07) is 11.3. The fourth-order valence-corrected chi connectivity index (χ4v) is 4.62. The van der Waals surface area contributed by atoms with E-state index < -0.39 is 11.5 Å². The van der Waals surface area contributed by atoms with E-state index in [1.54, 1.807) is 17.3 Å². The van der Waals surface area contributed by atoms with Gasteiger partial charge in [-0.25, -0.2) is 0 Å². The third-order valence-corrected chi connectivity index (χ3v) is 6.31. The highest BCUT2D eigenvalue weighted by Gasteiger charge is 2.32. The number of hydrogen-bond acceptors (Lipinski definition) is 6. The molecule has 0 bridgehead atoms. The minimum Gasteiger partial charge on any atom is -0.369 e. The minimum absolute atomic E-state index is 0.131. The average molecular weight is 516 g/mol. The normalized spacial score (nSPS) is 16.1. The third-order valence-electron chi connectivity index (χ3n) is 5.98. The molecule has 1 aromatic carbocycles. The molecule has 3 aromatic rings. The van der Waals surface area contributed by atoms with Crippen LogP contribution in [0, 0.1) is 0 Å². The molecule has 1 fully saturated rings. The van der Waals surface area contributed by atoms with Crippen molar-refractivity contribution in [2.45, 2.75) is 25.3 Å². The van der Waals surface area contributed by atoms with E-state index in [1.165, 1.54) is 6.21 Å². The van der Waals surface area contributed by atoms with Crippen LogP contribution in [-0.4, -0.2) is 68.5 Å². The van der Waals surface area contributed by atoms with Gasteiger partial charge >= 0.3 is 5.56 Å². The number of carbonyl (C=O) groups is 1. The fourth-order valence-electron chi connectivity index (χ4n) is 4.21. The maximum absolute atomic E-state index is 13.2. The number of nitrogens with one attached hydrogen (secondary N) is 1. The van der Waals surface area contributed by atoms with Gasteiger partial charge in [0.25, 0.3) is 5.91 Å². The van der Waals surface area contributed by atoms with Crippen LogP contribution < -0.4 is 10.5 Å². The molecule has 9 nitrogen and oxygen atoms in total. The zero-order valence-corrected chi connectivity index (χ0v) is 20.7. The predicted molar refractivity (Wildman–Crippen MR) is 138 cm³/mol. The first-order valence-corrected chi connectivity index (χ1v) is 12.6. The van der Waals surface area contributed by atoms with Gasteiger partial charge in [0, 0.05) is 49.5 Å². The summed E-state index contributed by atoms with van der Waals surface area (Å²) < 4.78 is 0. The predicted octanol–water partition coefficient (Wildman–Crippen LogP) is 3.50. The van der Waals surface area contributed by atoms with Crippen molar-refractivity contribution in [3.63, 3.8) is 0 Å². The molecule has 2 aromatic heterocycles. The number of carbonyl (C=O) groups excluding carboxylic acids is 1. The number of aromatic nitrogens is 4. The van der Waals surface area contributed by atoms with Crippen LogP contribution in [0.25, 0.3) is 0 Å². The molecule has 4 rings (SSSR count). The number of amides is 1. The summed E-state index contributed by atoms with van der Waals surface area (Å²) >= 11 is 11.8. The zero-order valence-electron chi connectivity index (χ0n) is 19.2. The van der Waals surface area contributed by atoms with Gasteiger partial charge in [-0.2, -0.15) is 10.3 Å². The second-order valence-corrected chi connectivity index (χ2v) is 8.93. The van der Waals surface area contributed by atoms with Gasteiger partial charge < -0.3 is 9.80 Å². The van der Waals surface area contributed by atoms with Crippen molar-refractivity contribution < 1.29 is 4.79 Å². The number of halogens is 2. The van der Waals surface area contributed by atoms with E-state index in [2.05, 4.69) is 25.3 Å². The molecule has 0 saturated carbocycles. The first kappa shape index (κ1) is 24.9. The first-order valence-electron chi connectivity index (χ1n) is 11.5. The summed E-state index contributed by atoms with van der Waals surface area (Å²) in [5.41, 5.74) is 1.97. The Balaban J connectivity index is 1.49. The molecule has 1 aliphatic rings. The van der Waals surface area contributed by atoms with Crippen LogP contribution in [0.3, 0.4) is 0 Å². The van der Waals surface area contributed by atoms with Crippen LogP contribution >= 0.6 is 23.2 Å². The van der Waals surface area contributed by atoms with E-state index in [4.69, 9.17) is 23.2 Å². The number of likely N-dealkylation sites (tertiary alicyclic amines) is 1. The Kier molecular flexibility index (Phi) is 8.54. The van der Waals surface area contributed by atoms with Gasteiger partial charge in [-0.3, -0.25) is 14.6 Å². The van der Waals surface area contributed by atoms with Crippen LogP contribution in [0.15, 0.2) is 58.7 Å². The topological polar surface area (TPSA) is 99.5 Å². The van der Waals surface area contributed by atoms with Gasteiger partial charge in [0.15, 0.2) is 0 Å². The first-order chi connectivity index (χ1) is 17.1. The molecule has 1 atom stereocenters. The van der Waals surface area contributed by atoms with Crippen molar-refractivity contribution in [2.75, 3.05) is 36.3 Å². The Morgan fingerprint density at radius 3 is 2.63 bits per heavy atom. The Morgan fingerprint density at radius 1 is 1.17 bits per heavy atom. The van der Waals surface area contributed by atoms with E-state index in [0.29, 0.717) is 31.4 Å². The van der Waals surface area contributed by atoms with Crippen molar-refractivity contribution in [1.29, 1.82) is 0 Å². The van der Waals surface area contributed by atoms with Gasteiger partial charge in [-0.05, 0) is 48.6 Å². The van der Waals surface area contributed by atoms with Crippen LogP contribution in [0.1, 0.15) is 46.9 Å². The van der Waals surface area contributed by atoms with Crippen LogP contribution in [0.5, 0.6) is 0 Å². The number of piperidine rings is 1. The average Bonchev–Trinajstić information content (AvgIpc) is 3.27. The van der Waals surface area contributed by atoms with Crippen molar-refractivity contribution >= 4 is 41.0 Å². The second kappa shape index (κ2) is 12.0. The Labute approximate surface area is 213 Å². The lowest BCUT2D eigenvalue weighted by Gasteiger charge is -2.35. The zero-order chi connectivity index (χ0) is 24.6. The summed E-state index contributed by atoms with van der Waals surface area (Å²) in [4.78, 5) is 35.0. The molecule has 35 heavy (non-hydrogen) atoms. The number of rotatable bonds is 9. The summed E-state index contributed by atoms with van der Waals surface area (Å²) in [5, 5.41) is 10.7. The van der Waals surface area contributed by atoms with Crippen LogP contribution in [0.2, 0.25) is 0 Å². The molecular formula is C24H27Cl2N7O2. The number of nitrogens with zero attached hydrogens (tertiary/aromatic N) is 6. The lowest BCUT2D eigenvalue weighted by molar-refractivity contribution is 0.0603. The smallest absolute Gasteiger partial charge is 0.320 e. The van der Waals surface area contributed by atoms with Gasteiger partial charge in [-0.15, -0.1) is 33.1 Å². The van der Waals surface area contributed by atoms with Crippen molar-refractivity contribution in [2.24, 2.45) is 5.10 Å². The number of pyridine rings is 1. The molecule has 1 N–H and O–H groups in total. The van der Waals surface area contributed by atoms with E-state index >= 15 is 0 Å². The molecule has 3 heterocycles. The summed E-state index contributed by atoms with van der Waals surface area (Å²) in [6.45, 7) is 1.95. The standard InChI is InChI=1S/C24H27Cl2N7O2/c25-10-14-31(15-11-26)20-8-6-18(7-9-20)16-28-33-24(35)22(29-30-33)23(34)32-13-2-1-5-21(32)19-4-3-12-27-17-19/h3-4,6-9,12,16-17,21,30H,1-2,5,10-11,13-15H2. The molecule has 184 valence electrons. The van der Waals surface area contributed by atoms with Gasteiger partial charge in [-0.1, -0.05) is 18.2 Å². The fraction of sp³-hybridized carbons (Fsp3) is 0.375. The number of aromatic amines is 1. The molecular weight excluding hydrogens is 489 g/mol. The molecule has 1 aliphatic heterocycles. The Bertz CT molecular complexity index is 1190. The van der Waals surface area contributed by atoms with Crippen LogP contribution in [0.4, 0.5) is 5.69 Å². The maximum atomic E-state index is 13.2. The molecule has 1 amide bonds. The number of hydrogen-bond donors (Lipinski definition) is 1. The monoisotopic (exact) mass is 515 g/mol. The van der Waals surface area contributed by atoms with Crippen molar-refractivity contribution in [1.82, 2.24) is 25.0 Å². The van der Waals surface area contributed by atoms with Crippen molar-refractivity contribution in [3.05, 3.63) is 76.0 Å². The molecule has 11 heteroatoms. The third kappa shape index (κ3) is 5.91. The SMILES string of the molecule is O=C(c1n[nH]n(N=Cc2ccc(N(CCCl)CCCl)cc2)c1=O)N1CCCCC1c1cccnc1. The second-order valence-electron chi connectivity index (χ2n) is 8.17. The minimum atomic E-state index is -0.589. The van der Waals surface area contributed by atoms with E-state index in [1.807, 2.05) is 36.4 Å². The largest absolute Gasteiger partial charge is 0.369 e. The summed E-state index contributed by atoms with van der Waals surface area (Å²) in [5.74, 6) is 0.603. The maximum Gasteiger partial charge on any atom is 0.320 e. The summed E-state index contributed by atoms with van der Waals surface area (Å²) in [7, 11) is 0. The molecule has 0 spiro atoms. The number of benzene rings is 1. The lowest BCUT2D eigenvalue weighted by atomic mass is 9.96. The molecule has 0 aliphatic carbocycles. The number of anilines is 1. The highest BCUT2D eigenvalue weighted by atomic mass is 35.5. The van der Waals surface area contributed by atoms with E-state index in [9.17, 15) is 9.59 Å². The molecule has 1 unspecified atom stereocenters. The van der Waals surface area contributed by atoms with Crippen molar-refractivity contribution in [3.8, 4) is 0 Å². The Morgan fingerprint density at radius 2 is 1.94 bits per heavy atom. The highest BCUT2D eigenvalue weighted by Crippen LogP contribution is 2.31. The summed E-state index contributed by atoms with van der Waals surface area (Å²) in [6.07, 6.45) is 7.70. The molecule has 0 radical (unpaired) electrons. The number of alkyl halides is 2. The van der Waals surface area contributed by atoms with E-state index in [0.717, 1.165) is 40.9 Å². The van der Waals surface area contributed by atoms with Crippen LogP contribution in [-0.2, 0) is 0 Å². The Hall–Kier alpha value is -3.17. The molecule has 1 saturated heterocycles.